The normalized spacial score (nSPS) is 10.7. The standard InChI is InChI=1S/C19H30O6/c1-4-7-8-9-10-13-14(19(22)23)15(20)16(21)18(25-12-6-3)17(13)24-11-5-2/h20-21H,4-12H2,1-3H3,(H,22,23). The lowest BCUT2D eigenvalue weighted by Gasteiger charge is -2.20. The fraction of sp³-hybridized carbons (Fsp3) is 0.632. The Morgan fingerprint density at radius 2 is 1.44 bits per heavy atom. The van der Waals surface area contributed by atoms with Crippen LogP contribution >= 0.6 is 0 Å². The molecule has 0 aliphatic heterocycles. The number of carboxylic acid groups (broad SMARTS) is 1. The molecule has 6 nitrogen and oxygen atoms in total. The second-order valence-corrected chi connectivity index (χ2v) is 6.02. The molecule has 0 amide bonds. The molecule has 0 heterocycles. The van der Waals surface area contributed by atoms with E-state index in [1.165, 1.54) is 0 Å². The molecule has 1 aromatic rings. The van der Waals surface area contributed by atoms with Gasteiger partial charge >= 0.3 is 5.97 Å². The van der Waals surface area contributed by atoms with E-state index in [-0.39, 0.29) is 17.1 Å². The number of carboxylic acids is 1. The van der Waals surface area contributed by atoms with Crippen LogP contribution in [-0.4, -0.2) is 34.5 Å². The van der Waals surface area contributed by atoms with Crippen molar-refractivity contribution in [2.45, 2.75) is 65.7 Å². The summed E-state index contributed by atoms with van der Waals surface area (Å²) in [5, 5.41) is 30.0. The molecule has 0 saturated heterocycles. The quantitative estimate of drug-likeness (QED) is 0.378. The summed E-state index contributed by atoms with van der Waals surface area (Å²) < 4.78 is 11.3. The van der Waals surface area contributed by atoms with Gasteiger partial charge < -0.3 is 24.8 Å². The summed E-state index contributed by atoms with van der Waals surface area (Å²) in [7, 11) is 0. The summed E-state index contributed by atoms with van der Waals surface area (Å²) in [6, 6.07) is 0. The van der Waals surface area contributed by atoms with Crippen molar-refractivity contribution in [2.24, 2.45) is 0 Å². The Labute approximate surface area is 149 Å². The van der Waals surface area contributed by atoms with E-state index in [0.717, 1.165) is 32.1 Å². The van der Waals surface area contributed by atoms with Gasteiger partial charge in [-0.1, -0.05) is 40.0 Å². The van der Waals surface area contributed by atoms with Gasteiger partial charge in [0, 0.05) is 5.56 Å². The topological polar surface area (TPSA) is 96.2 Å². The Morgan fingerprint density at radius 1 is 0.840 bits per heavy atom. The van der Waals surface area contributed by atoms with E-state index in [1.54, 1.807) is 0 Å². The van der Waals surface area contributed by atoms with Gasteiger partial charge in [-0.15, -0.1) is 0 Å². The first-order chi connectivity index (χ1) is 12.0. The molecule has 0 atom stereocenters. The molecular formula is C19H30O6. The molecule has 0 aliphatic carbocycles. The Bertz CT molecular complexity index is 568. The predicted octanol–water partition coefficient (Wildman–Crippen LogP) is 4.50. The first kappa shape index (κ1) is 20.9. The molecule has 0 fully saturated rings. The Balaban J connectivity index is 3.41. The van der Waals surface area contributed by atoms with Gasteiger partial charge in [0.1, 0.15) is 5.56 Å². The zero-order valence-corrected chi connectivity index (χ0v) is 15.4. The monoisotopic (exact) mass is 354 g/mol. The number of hydrogen-bond donors (Lipinski definition) is 3. The van der Waals surface area contributed by atoms with Gasteiger partial charge in [0.05, 0.1) is 13.2 Å². The number of phenols is 2. The second-order valence-electron chi connectivity index (χ2n) is 6.02. The smallest absolute Gasteiger partial charge is 0.340 e. The van der Waals surface area contributed by atoms with Crippen molar-refractivity contribution in [2.75, 3.05) is 13.2 Å². The van der Waals surface area contributed by atoms with E-state index >= 15 is 0 Å². The number of benzene rings is 1. The fourth-order valence-electron chi connectivity index (χ4n) is 2.62. The van der Waals surface area contributed by atoms with Crippen LogP contribution < -0.4 is 9.47 Å². The highest BCUT2D eigenvalue weighted by molar-refractivity contribution is 5.96. The lowest BCUT2D eigenvalue weighted by atomic mass is 9.97. The zero-order chi connectivity index (χ0) is 18.8. The van der Waals surface area contributed by atoms with E-state index in [1.807, 2.05) is 13.8 Å². The van der Waals surface area contributed by atoms with Crippen LogP contribution in [0.5, 0.6) is 23.0 Å². The highest BCUT2D eigenvalue weighted by Crippen LogP contribution is 2.49. The van der Waals surface area contributed by atoms with Gasteiger partial charge in [-0.2, -0.15) is 0 Å². The molecule has 0 radical (unpaired) electrons. The van der Waals surface area contributed by atoms with Gasteiger partial charge in [-0.3, -0.25) is 0 Å². The second kappa shape index (κ2) is 10.7. The summed E-state index contributed by atoms with van der Waals surface area (Å²) in [5.41, 5.74) is 0.0856. The Kier molecular flexibility index (Phi) is 8.95. The molecular weight excluding hydrogens is 324 g/mol. The van der Waals surface area contributed by atoms with Crippen molar-refractivity contribution in [3.05, 3.63) is 11.1 Å². The van der Waals surface area contributed by atoms with E-state index in [9.17, 15) is 20.1 Å². The number of ether oxygens (including phenoxy) is 2. The van der Waals surface area contributed by atoms with Crippen LogP contribution in [0.4, 0.5) is 0 Å². The molecule has 0 spiro atoms. The van der Waals surface area contributed by atoms with Gasteiger partial charge in [0.25, 0.3) is 0 Å². The molecule has 1 aromatic carbocycles. The molecule has 0 bridgehead atoms. The first-order valence-electron chi connectivity index (χ1n) is 9.09. The number of phenolic OH excluding ortho intramolecular Hbond substituents is 1. The Morgan fingerprint density at radius 3 is 1.96 bits per heavy atom. The van der Waals surface area contributed by atoms with E-state index < -0.39 is 17.5 Å². The lowest BCUT2D eigenvalue weighted by molar-refractivity contribution is 0.0690. The fourth-order valence-corrected chi connectivity index (χ4v) is 2.62. The number of carbonyl (C=O) groups is 1. The third kappa shape index (κ3) is 5.44. The van der Waals surface area contributed by atoms with Crippen molar-refractivity contribution in [1.82, 2.24) is 0 Å². The van der Waals surface area contributed by atoms with Gasteiger partial charge in [0.2, 0.25) is 11.5 Å². The maximum Gasteiger partial charge on any atom is 0.340 e. The highest BCUT2D eigenvalue weighted by Gasteiger charge is 2.29. The van der Waals surface area contributed by atoms with Crippen molar-refractivity contribution >= 4 is 5.97 Å². The average molecular weight is 354 g/mol. The SMILES string of the molecule is CCCCCCc1c(OCCC)c(OCCC)c(O)c(O)c1C(=O)O. The van der Waals surface area contributed by atoms with Gasteiger partial charge in [0.15, 0.2) is 11.5 Å². The largest absolute Gasteiger partial charge is 0.504 e. The molecule has 0 aliphatic rings. The van der Waals surface area contributed by atoms with Crippen LogP contribution in [0.3, 0.4) is 0 Å². The first-order valence-corrected chi connectivity index (χ1v) is 9.09. The molecule has 142 valence electrons. The van der Waals surface area contributed by atoms with Crippen LogP contribution in [0.15, 0.2) is 0 Å². The van der Waals surface area contributed by atoms with Crippen LogP contribution in [0.2, 0.25) is 0 Å². The van der Waals surface area contributed by atoms with E-state index in [2.05, 4.69) is 6.92 Å². The number of aromatic hydroxyl groups is 2. The summed E-state index contributed by atoms with van der Waals surface area (Å²) in [6.45, 7) is 6.65. The summed E-state index contributed by atoms with van der Waals surface area (Å²) in [5.74, 6) is -2.26. The van der Waals surface area contributed by atoms with Crippen molar-refractivity contribution in [3.63, 3.8) is 0 Å². The van der Waals surface area contributed by atoms with Crippen LogP contribution in [0.25, 0.3) is 0 Å². The molecule has 25 heavy (non-hydrogen) atoms. The number of rotatable bonds is 12. The molecule has 0 aromatic heterocycles. The molecule has 1 rings (SSSR count). The predicted molar refractivity (Wildman–Crippen MR) is 96.1 cm³/mol. The number of unbranched alkanes of at least 4 members (excludes halogenated alkanes) is 3. The third-order valence-electron chi connectivity index (χ3n) is 3.85. The highest BCUT2D eigenvalue weighted by atomic mass is 16.5. The minimum Gasteiger partial charge on any atom is -0.504 e. The van der Waals surface area contributed by atoms with Crippen molar-refractivity contribution < 1.29 is 29.6 Å². The van der Waals surface area contributed by atoms with E-state index in [0.29, 0.717) is 31.6 Å². The molecule has 3 N–H and O–H groups in total. The third-order valence-corrected chi connectivity index (χ3v) is 3.85. The van der Waals surface area contributed by atoms with Crippen LogP contribution in [-0.2, 0) is 6.42 Å². The maximum atomic E-state index is 11.7. The van der Waals surface area contributed by atoms with Crippen LogP contribution in [0.1, 0.15) is 75.2 Å². The van der Waals surface area contributed by atoms with Crippen molar-refractivity contribution in [1.29, 1.82) is 0 Å². The number of hydrogen-bond acceptors (Lipinski definition) is 5. The van der Waals surface area contributed by atoms with E-state index in [4.69, 9.17) is 9.47 Å². The minimum absolute atomic E-state index is 0.0308. The van der Waals surface area contributed by atoms with Crippen molar-refractivity contribution in [3.8, 4) is 23.0 Å². The van der Waals surface area contributed by atoms with Gasteiger partial charge in [-0.25, -0.2) is 4.79 Å². The zero-order valence-electron chi connectivity index (χ0n) is 15.4. The van der Waals surface area contributed by atoms with Gasteiger partial charge in [-0.05, 0) is 25.7 Å². The lowest BCUT2D eigenvalue weighted by Crippen LogP contribution is -2.10. The summed E-state index contributed by atoms with van der Waals surface area (Å²) in [4.78, 5) is 11.7. The maximum absolute atomic E-state index is 11.7. The Hall–Kier alpha value is -2.11. The number of aromatic carboxylic acids is 1. The molecule has 6 heteroatoms. The average Bonchev–Trinajstić information content (AvgIpc) is 2.58. The summed E-state index contributed by atoms with van der Waals surface area (Å²) in [6.07, 6.45) is 5.72. The summed E-state index contributed by atoms with van der Waals surface area (Å²) >= 11 is 0. The minimum atomic E-state index is -1.29. The van der Waals surface area contributed by atoms with Crippen LogP contribution in [0, 0.1) is 0 Å². The molecule has 0 unspecified atom stereocenters. The molecule has 0 saturated carbocycles.